The average Bonchev–Trinajstić information content (AvgIpc) is 3.21. The zero-order valence-electron chi connectivity index (χ0n) is 22.6. The number of aliphatic hydroxyl groups excluding tert-OH is 4. The first-order chi connectivity index (χ1) is 16.3. The summed E-state index contributed by atoms with van der Waals surface area (Å²) in [6.07, 6.45) is 5.44. The largest absolute Gasteiger partial charge is 0.396 e. The lowest BCUT2D eigenvalue weighted by Gasteiger charge is -2.35. The highest BCUT2D eigenvalue weighted by Gasteiger charge is 2.42. The number of Topliss-reactive ketones (excluding diaryl/α,β-unsaturated/α-hetero) is 1. The SMILES string of the molecule is CC[C@@H](C(=O)C(C)(C)[C@@H](O)CCO)[C@@H](O)[C@@H](C)CCCC(C)=CC[C@H](O)C(C)=Cc1csc(C)n1. The van der Waals surface area contributed by atoms with Crippen molar-refractivity contribution < 1.29 is 25.2 Å². The summed E-state index contributed by atoms with van der Waals surface area (Å²) in [7, 11) is 0. The number of ketones is 1. The zero-order chi connectivity index (χ0) is 26.8. The molecule has 1 rings (SSSR count). The number of hydrogen-bond donors (Lipinski definition) is 4. The van der Waals surface area contributed by atoms with Gasteiger partial charge in [-0.15, -0.1) is 11.3 Å². The number of carbonyl (C=O) groups is 1. The van der Waals surface area contributed by atoms with Crippen molar-refractivity contribution in [3.05, 3.63) is 33.3 Å². The minimum absolute atomic E-state index is 0.0557. The van der Waals surface area contributed by atoms with Gasteiger partial charge in [-0.1, -0.05) is 39.3 Å². The van der Waals surface area contributed by atoms with Gasteiger partial charge in [0.25, 0.3) is 0 Å². The summed E-state index contributed by atoms with van der Waals surface area (Å²) in [6, 6.07) is 0. The van der Waals surface area contributed by atoms with Crippen LogP contribution in [-0.4, -0.2) is 56.1 Å². The van der Waals surface area contributed by atoms with Gasteiger partial charge in [0.1, 0.15) is 5.78 Å². The maximum atomic E-state index is 13.1. The Bertz CT molecular complexity index is 844. The van der Waals surface area contributed by atoms with Gasteiger partial charge in [-0.25, -0.2) is 4.98 Å². The zero-order valence-corrected chi connectivity index (χ0v) is 23.4. The van der Waals surface area contributed by atoms with E-state index in [2.05, 4.69) is 18.0 Å². The van der Waals surface area contributed by atoms with E-state index in [1.54, 1.807) is 25.2 Å². The second kappa shape index (κ2) is 15.0. The van der Waals surface area contributed by atoms with E-state index in [-0.39, 0.29) is 24.7 Å². The van der Waals surface area contributed by atoms with Crippen LogP contribution in [0.25, 0.3) is 6.08 Å². The molecular weight excluding hydrogens is 462 g/mol. The van der Waals surface area contributed by atoms with Crippen molar-refractivity contribution in [2.75, 3.05) is 6.61 Å². The fourth-order valence-electron chi connectivity index (χ4n) is 4.35. The Kier molecular flexibility index (Phi) is 13.6. The molecule has 0 aliphatic carbocycles. The molecule has 4 N–H and O–H groups in total. The molecule has 35 heavy (non-hydrogen) atoms. The van der Waals surface area contributed by atoms with Gasteiger partial charge >= 0.3 is 0 Å². The van der Waals surface area contributed by atoms with Gasteiger partial charge in [0.2, 0.25) is 0 Å². The van der Waals surface area contributed by atoms with Crippen LogP contribution < -0.4 is 0 Å². The number of nitrogens with zero attached hydrogens (tertiary/aromatic N) is 1. The van der Waals surface area contributed by atoms with Crippen LogP contribution in [0.3, 0.4) is 0 Å². The molecule has 7 heteroatoms. The highest BCUT2D eigenvalue weighted by Crippen LogP contribution is 2.33. The van der Waals surface area contributed by atoms with Crippen LogP contribution in [0, 0.1) is 24.2 Å². The molecule has 0 saturated carbocycles. The summed E-state index contributed by atoms with van der Waals surface area (Å²) in [5.41, 5.74) is 1.94. The lowest BCUT2D eigenvalue weighted by atomic mass is 9.71. The number of aromatic nitrogens is 1. The number of carbonyl (C=O) groups excluding carboxylic acids is 1. The van der Waals surface area contributed by atoms with Crippen molar-refractivity contribution >= 4 is 23.2 Å². The molecule has 0 aliphatic rings. The Morgan fingerprint density at radius 1 is 1.20 bits per heavy atom. The lowest BCUT2D eigenvalue weighted by Crippen LogP contribution is -2.45. The van der Waals surface area contributed by atoms with E-state index >= 15 is 0 Å². The quantitative estimate of drug-likeness (QED) is 0.231. The fourth-order valence-corrected chi connectivity index (χ4v) is 4.92. The van der Waals surface area contributed by atoms with Gasteiger partial charge in [0.15, 0.2) is 0 Å². The first kappa shape index (κ1) is 31.6. The van der Waals surface area contributed by atoms with Crippen molar-refractivity contribution in [2.45, 2.75) is 105 Å². The molecule has 1 aromatic heterocycles. The van der Waals surface area contributed by atoms with E-state index in [4.69, 9.17) is 5.11 Å². The third-order valence-electron chi connectivity index (χ3n) is 7.10. The number of aliphatic hydroxyl groups is 4. The third kappa shape index (κ3) is 9.89. The number of thiazole rings is 1. The molecule has 200 valence electrons. The Morgan fingerprint density at radius 3 is 2.40 bits per heavy atom. The molecule has 0 aliphatic heterocycles. The normalized spacial score (nSPS) is 17.7. The van der Waals surface area contributed by atoms with Crippen molar-refractivity contribution in [1.29, 1.82) is 0 Å². The van der Waals surface area contributed by atoms with Gasteiger partial charge in [-0.05, 0) is 76.9 Å². The number of rotatable bonds is 16. The molecule has 1 aromatic rings. The first-order valence-corrected chi connectivity index (χ1v) is 13.7. The molecule has 6 nitrogen and oxygen atoms in total. The molecule has 0 saturated heterocycles. The smallest absolute Gasteiger partial charge is 0.146 e. The van der Waals surface area contributed by atoms with Gasteiger partial charge in [0, 0.05) is 23.3 Å². The highest BCUT2D eigenvalue weighted by molar-refractivity contribution is 7.09. The maximum absolute atomic E-state index is 13.1. The summed E-state index contributed by atoms with van der Waals surface area (Å²) >= 11 is 1.59. The predicted octanol–water partition coefficient (Wildman–Crippen LogP) is 5.08. The number of allylic oxidation sites excluding steroid dienone is 1. The minimum atomic E-state index is -1.02. The molecule has 5 atom stereocenters. The second-order valence-corrected chi connectivity index (χ2v) is 11.5. The molecule has 0 fully saturated rings. The second-order valence-electron chi connectivity index (χ2n) is 10.5. The molecule has 0 spiro atoms. The number of hydrogen-bond acceptors (Lipinski definition) is 7. The standard InChI is InChI=1S/C28H47NO5S/c1-8-23(27(34)28(6,7)25(32)14-15-30)26(33)19(3)11-9-10-18(2)12-13-24(31)20(4)16-22-17-35-21(5)29-22/h12,16-17,19,23-26,30-33H,8-11,13-15H2,1-7H3/t19-,23+,24-,25-,26-/m0/s1. The Morgan fingerprint density at radius 2 is 1.86 bits per heavy atom. The van der Waals surface area contributed by atoms with Gasteiger partial charge < -0.3 is 20.4 Å². The van der Waals surface area contributed by atoms with Crippen molar-refractivity contribution in [3.8, 4) is 0 Å². The van der Waals surface area contributed by atoms with Crippen LogP contribution in [0.4, 0.5) is 0 Å². The van der Waals surface area contributed by atoms with Crippen LogP contribution in [0.1, 0.15) is 90.8 Å². The maximum Gasteiger partial charge on any atom is 0.146 e. The summed E-state index contributed by atoms with van der Waals surface area (Å²) in [4.78, 5) is 17.5. The predicted molar refractivity (Wildman–Crippen MR) is 144 cm³/mol. The van der Waals surface area contributed by atoms with Gasteiger partial charge in [-0.3, -0.25) is 4.79 Å². The highest BCUT2D eigenvalue weighted by atomic mass is 32.1. The average molecular weight is 510 g/mol. The van der Waals surface area contributed by atoms with Gasteiger partial charge in [-0.2, -0.15) is 0 Å². The number of aryl methyl sites for hydroxylation is 1. The summed E-state index contributed by atoms with van der Waals surface area (Å²) in [6.45, 7) is 13.0. The molecule has 0 radical (unpaired) electrons. The summed E-state index contributed by atoms with van der Waals surface area (Å²) in [5.74, 6) is -0.752. The lowest BCUT2D eigenvalue weighted by molar-refractivity contribution is -0.143. The van der Waals surface area contributed by atoms with Gasteiger partial charge in [0.05, 0.1) is 29.0 Å². The van der Waals surface area contributed by atoms with Crippen molar-refractivity contribution in [2.24, 2.45) is 17.3 Å². The Hall–Kier alpha value is -1.38. The molecule has 0 aromatic carbocycles. The first-order valence-electron chi connectivity index (χ1n) is 12.8. The molecule has 0 amide bonds. The minimum Gasteiger partial charge on any atom is -0.396 e. The molecule has 0 bridgehead atoms. The Labute approximate surface area is 215 Å². The van der Waals surface area contributed by atoms with E-state index in [9.17, 15) is 20.1 Å². The Balaban J connectivity index is 2.58. The van der Waals surface area contributed by atoms with E-state index in [0.29, 0.717) is 12.8 Å². The van der Waals surface area contributed by atoms with E-state index in [0.717, 1.165) is 35.5 Å². The van der Waals surface area contributed by atoms with E-state index in [1.165, 1.54) is 5.57 Å². The van der Waals surface area contributed by atoms with E-state index < -0.39 is 29.6 Å². The molecule has 1 heterocycles. The summed E-state index contributed by atoms with van der Waals surface area (Å²) < 4.78 is 0. The van der Waals surface area contributed by atoms with E-state index in [1.807, 2.05) is 39.2 Å². The molecule has 0 unspecified atom stereocenters. The fraction of sp³-hybridized carbons (Fsp3) is 0.714. The monoisotopic (exact) mass is 509 g/mol. The van der Waals surface area contributed by atoms with Crippen molar-refractivity contribution in [3.63, 3.8) is 0 Å². The topological polar surface area (TPSA) is 111 Å². The third-order valence-corrected chi connectivity index (χ3v) is 7.89. The van der Waals surface area contributed by atoms with Crippen molar-refractivity contribution in [1.82, 2.24) is 4.98 Å². The molecular formula is C28H47NO5S. The summed E-state index contributed by atoms with van der Waals surface area (Å²) in [5, 5.41) is 43.8. The van der Waals surface area contributed by atoms with Crippen LogP contribution in [0.15, 0.2) is 22.6 Å². The van der Waals surface area contributed by atoms with Crippen LogP contribution in [0.5, 0.6) is 0 Å². The van der Waals surface area contributed by atoms with Crippen LogP contribution in [-0.2, 0) is 4.79 Å². The van der Waals surface area contributed by atoms with Crippen LogP contribution >= 0.6 is 11.3 Å². The van der Waals surface area contributed by atoms with Crippen LogP contribution in [0.2, 0.25) is 0 Å².